The summed E-state index contributed by atoms with van der Waals surface area (Å²) in [4.78, 5) is 16.9. The summed E-state index contributed by atoms with van der Waals surface area (Å²) >= 11 is 6.20. The summed E-state index contributed by atoms with van der Waals surface area (Å²) in [5.41, 5.74) is 3.69. The van der Waals surface area contributed by atoms with Crippen LogP contribution in [0.2, 0.25) is 5.02 Å². The number of nitrogens with zero attached hydrogens (tertiary/aromatic N) is 4. The van der Waals surface area contributed by atoms with Gasteiger partial charge in [0.2, 0.25) is 5.95 Å². The molecule has 2 aromatic heterocycles. The number of ether oxygens (including phenoxy) is 1. The summed E-state index contributed by atoms with van der Waals surface area (Å²) in [5, 5.41) is 11.5. The number of hydrogen-bond acceptors (Lipinski definition) is 6. The summed E-state index contributed by atoms with van der Waals surface area (Å²) in [6, 6.07) is 13.4. The number of carbonyl (C=O) groups is 1. The van der Waals surface area contributed by atoms with Crippen LogP contribution < -0.4 is 10.1 Å². The van der Waals surface area contributed by atoms with Gasteiger partial charge >= 0.3 is 0 Å². The molecule has 0 aliphatic rings. The van der Waals surface area contributed by atoms with Crippen molar-refractivity contribution >= 4 is 23.5 Å². The molecule has 0 aliphatic heterocycles. The van der Waals surface area contributed by atoms with Gasteiger partial charge in [0.15, 0.2) is 5.69 Å². The van der Waals surface area contributed by atoms with Gasteiger partial charge in [-0.2, -0.15) is 0 Å². The molecule has 9 heteroatoms. The molecule has 0 bridgehead atoms. The van der Waals surface area contributed by atoms with Crippen LogP contribution in [0.4, 0.5) is 5.95 Å². The smallest absolute Gasteiger partial charge is 0.280 e. The van der Waals surface area contributed by atoms with Crippen LogP contribution in [0.3, 0.4) is 0 Å². The van der Waals surface area contributed by atoms with Crippen LogP contribution in [0.15, 0.2) is 53.3 Å². The molecule has 0 saturated carbocycles. The monoisotopic (exact) mass is 451 g/mol. The van der Waals surface area contributed by atoms with E-state index in [0.717, 1.165) is 22.4 Å². The Morgan fingerprint density at radius 1 is 1.19 bits per heavy atom. The van der Waals surface area contributed by atoms with Gasteiger partial charge in [0.25, 0.3) is 5.91 Å². The van der Waals surface area contributed by atoms with E-state index >= 15 is 0 Å². The molecular formula is C23H22ClN5O3. The minimum Gasteiger partial charge on any atom is -0.488 e. The lowest BCUT2D eigenvalue weighted by Gasteiger charge is -2.10. The number of anilines is 1. The fourth-order valence-corrected chi connectivity index (χ4v) is 3.34. The number of aryl methyl sites for hydroxylation is 3. The van der Waals surface area contributed by atoms with E-state index in [2.05, 4.69) is 20.6 Å². The Labute approximate surface area is 190 Å². The maximum absolute atomic E-state index is 12.8. The van der Waals surface area contributed by atoms with Gasteiger partial charge in [0, 0.05) is 5.02 Å². The van der Waals surface area contributed by atoms with Gasteiger partial charge in [0.05, 0.1) is 12.1 Å². The highest BCUT2D eigenvalue weighted by Crippen LogP contribution is 2.23. The fourth-order valence-electron chi connectivity index (χ4n) is 3.14. The Balaban J connectivity index is 1.45. The van der Waals surface area contributed by atoms with Crippen LogP contribution in [0, 0.1) is 20.8 Å². The van der Waals surface area contributed by atoms with Crippen molar-refractivity contribution in [2.75, 3.05) is 5.32 Å². The zero-order chi connectivity index (χ0) is 22.7. The minimum atomic E-state index is -0.475. The predicted molar refractivity (Wildman–Crippen MR) is 120 cm³/mol. The predicted octanol–water partition coefficient (Wildman–Crippen LogP) is 4.72. The third-order valence-corrected chi connectivity index (χ3v) is 5.34. The molecule has 32 heavy (non-hydrogen) atoms. The lowest BCUT2D eigenvalue weighted by molar-refractivity contribution is 0.101. The van der Waals surface area contributed by atoms with Crippen molar-refractivity contribution in [2.45, 2.75) is 33.9 Å². The number of rotatable bonds is 7. The van der Waals surface area contributed by atoms with Crippen molar-refractivity contribution in [3.8, 4) is 5.75 Å². The van der Waals surface area contributed by atoms with E-state index in [1.54, 1.807) is 11.6 Å². The second-order valence-electron chi connectivity index (χ2n) is 7.43. The summed E-state index contributed by atoms with van der Waals surface area (Å²) in [6.45, 7) is 6.28. The Hall–Kier alpha value is -3.65. The third-order valence-electron chi connectivity index (χ3n) is 4.97. The van der Waals surface area contributed by atoms with E-state index in [-0.39, 0.29) is 18.2 Å². The van der Waals surface area contributed by atoms with E-state index < -0.39 is 5.91 Å². The first-order chi connectivity index (χ1) is 15.4. The molecule has 1 N–H and O–H groups in total. The maximum Gasteiger partial charge on any atom is 0.280 e. The number of halogens is 1. The third kappa shape index (κ3) is 4.81. The van der Waals surface area contributed by atoms with Gasteiger partial charge in [-0.05, 0) is 49.6 Å². The van der Waals surface area contributed by atoms with Crippen LogP contribution >= 0.6 is 11.6 Å². The number of carbonyl (C=O) groups excluding carboxylic acids is 1. The molecule has 0 aliphatic carbocycles. The van der Waals surface area contributed by atoms with Gasteiger partial charge in [0.1, 0.15) is 24.4 Å². The molecule has 4 aromatic rings. The lowest BCUT2D eigenvalue weighted by atomic mass is 10.1. The quantitative estimate of drug-likeness (QED) is 0.436. The topological polar surface area (TPSA) is 95.1 Å². The summed E-state index contributed by atoms with van der Waals surface area (Å²) in [6.07, 6.45) is 1.53. The molecule has 0 saturated heterocycles. The second-order valence-corrected chi connectivity index (χ2v) is 7.84. The molecule has 2 heterocycles. The van der Waals surface area contributed by atoms with E-state index in [0.29, 0.717) is 22.9 Å². The zero-order valence-electron chi connectivity index (χ0n) is 17.9. The van der Waals surface area contributed by atoms with Crippen molar-refractivity contribution in [3.63, 3.8) is 0 Å². The average molecular weight is 452 g/mol. The Morgan fingerprint density at radius 2 is 2.00 bits per heavy atom. The second kappa shape index (κ2) is 9.23. The molecule has 0 fully saturated rings. The van der Waals surface area contributed by atoms with Gasteiger partial charge in [-0.1, -0.05) is 47.1 Å². The molecule has 1 amide bonds. The molecule has 4 rings (SSSR count). The van der Waals surface area contributed by atoms with Crippen LogP contribution in [0.25, 0.3) is 0 Å². The molecule has 0 radical (unpaired) electrons. The van der Waals surface area contributed by atoms with E-state index in [1.807, 2.05) is 56.3 Å². The maximum atomic E-state index is 12.8. The normalized spacial score (nSPS) is 10.9. The number of amides is 1. The fraction of sp³-hybridized carbons (Fsp3) is 0.217. The summed E-state index contributed by atoms with van der Waals surface area (Å²) in [7, 11) is 0. The first-order valence-electron chi connectivity index (χ1n) is 10.00. The van der Waals surface area contributed by atoms with Crippen molar-refractivity contribution in [1.82, 2.24) is 19.9 Å². The van der Waals surface area contributed by atoms with Crippen LogP contribution in [-0.2, 0) is 13.2 Å². The van der Waals surface area contributed by atoms with E-state index in [9.17, 15) is 4.79 Å². The van der Waals surface area contributed by atoms with Gasteiger partial charge in [-0.3, -0.25) is 10.1 Å². The van der Waals surface area contributed by atoms with E-state index in [1.165, 1.54) is 6.33 Å². The summed E-state index contributed by atoms with van der Waals surface area (Å²) in [5.74, 6) is 0.940. The lowest BCUT2D eigenvalue weighted by Crippen LogP contribution is -2.16. The van der Waals surface area contributed by atoms with Crippen molar-refractivity contribution in [2.24, 2.45) is 0 Å². The largest absolute Gasteiger partial charge is 0.488 e. The molecule has 164 valence electrons. The van der Waals surface area contributed by atoms with Crippen LogP contribution in [0.5, 0.6) is 5.75 Å². The highest BCUT2D eigenvalue weighted by Gasteiger charge is 2.22. The molecule has 0 spiro atoms. The molecule has 2 aromatic carbocycles. The molecule has 8 nitrogen and oxygen atoms in total. The highest BCUT2D eigenvalue weighted by atomic mass is 35.5. The van der Waals surface area contributed by atoms with Gasteiger partial charge < -0.3 is 9.26 Å². The molecule has 0 atom stereocenters. The zero-order valence-corrected chi connectivity index (χ0v) is 18.7. The number of aromatic nitrogens is 4. The van der Waals surface area contributed by atoms with Crippen LogP contribution in [0.1, 0.15) is 38.5 Å². The van der Waals surface area contributed by atoms with Crippen LogP contribution in [-0.4, -0.2) is 25.8 Å². The van der Waals surface area contributed by atoms with Gasteiger partial charge in [-0.25, -0.2) is 9.67 Å². The highest BCUT2D eigenvalue weighted by molar-refractivity contribution is 6.31. The van der Waals surface area contributed by atoms with Crippen molar-refractivity contribution < 1.29 is 14.1 Å². The van der Waals surface area contributed by atoms with E-state index in [4.69, 9.17) is 20.9 Å². The number of nitrogens with one attached hydrogen (secondary N) is 1. The Kier molecular flexibility index (Phi) is 6.23. The number of benzene rings is 2. The first kappa shape index (κ1) is 21.6. The average Bonchev–Trinajstić information content (AvgIpc) is 3.36. The molecular weight excluding hydrogens is 430 g/mol. The van der Waals surface area contributed by atoms with Crippen molar-refractivity contribution in [1.29, 1.82) is 0 Å². The first-order valence-corrected chi connectivity index (χ1v) is 10.4. The van der Waals surface area contributed by atoms with Crippen molar-refractivity contribution in [3.05, 3.63) is 87.5 Å². The standard InChI is InChI=1S/C23H22ClN5O3/c1-14-8-9-15(2)20(10-14)31-12-18-16(3)32-28-21(18)22(30)26-23-25-13-29(27-23)11-17-6-4-5-7-19(17)24/h4-10,13H,11-12H2,1-3H3,(H,26,27,30). The Bertz CT molecular complexity index is 1260. The molecule has 0 unspecified atom stereocenters. The summed E-state index contributed by atoms with van der Waals surface area (Å²) < 4.78 is 12.8. The Morgan fingerprint density at radius 3 is 2.81 bits per heavy atom. The number of hydrogen-bond donors (Lipinski definition) is 1. The minimum absolute atomic E-state index is 0.134. The SMILES string of the molecule is Cc1ccc(C)c(OCc2c(C(=O)Nc3ncn(Cc4ccccc4Cl)n3)noc2C)c1. The van der Waals surface area contributed by atoms with Gasteiger partial charge in [-0.15, -0.1) is 5.10 Å².